The van der Waals surface area contributed by atoms with Crippen molar-refractivity contribution in [3.05, 3.63) is 64.1 Å². The second-order valence-corrected chi connectivity index (χ2v) is 6.46. The van der Waals surface area contributed by atoms with Crippen molar-refractivity contribution in [2.24, 2.45) is 0 Å². The molecule has 2 aromatic heterocycles. The van der Waals surface area contributed by atoms with E-state index in [-0.39, 0.29) is 24.1 Å². The van der Waals surface area contributed by atoms with E-state index in [0.717, 1.165) is 5.69 Å². The standard InChI is InChI=1S/C23H23N3O4/c1-4-26-15-18(21(27)17-12-11-16(2)25-22(17)26)23(28)24-13-7-8-14-30-20-10-6-5-9-19(20)29-3/h5-6,9-12,15H,4,13-14H2,1-3H3,(H,24,28). The van der Waals surface area contributed by atoms with Gasteiger partial charge in [-0.1, -0.05) is 24.0 Å². The van der Waals surface area contributed by atoms with Crippen molar-refractivity contribution < 1.29 is 14.3 Å². The lowest BCUT2D eigenvalue weighted by atomic mass is 10.1. The number of amides is 1. The summed E-state index contributed by atoms with van der Waals surface area (Å²) in [6.07, 6.45) is 1.55. The van der Waals surface area contributed by atoms with Gasteiger partial charge in [0.1, 0.15) is 17.8 Å². The number of fused-ring (bicyclic) bond motifs is 1. The first-order valence-corrected chi connectivity index (χ1v) is 9.55. The third-order valence-corrected chi connectivity index (χ3v) is 4.48. The minimum atomic E-state index is -0.468. The summed E-state index contributed by atoms with van der Waals surface area (Å²) in [5.74, 6) is 6.40. The van der Waals surface area contributed by atoms with Gasteiger partial charge in [-0.05, 0) is 38.1 Å². The maximum atomic E-state index is 12.7. The highest BCUT2D eigenvalue weighted by molar-refractivity contribution is 5.97. The summed E-state index contributed by atoms with van der Waals surface area (Å²) in [6, 6.07) is 10.7. The number of para-hydroxylation sites is 2. The molecule has 0 aliphatic carbocycles. The molecule has 0 atom stereocenters. The molecular formula is C23H23N3O4. The molecule has 0 aliphatic heterocycles. The van der Waals surface area contributed by atoms with E-state index in [1.54, 1.807) is 42.1 Å². The van der Waals surface area contributed by atoms with Crippen LogP contribution in [0.1, 0.15) is 23.0 Å². The molecule has 0 aliphatic rings. The molecule has 154 valence electrons. The number of carbonyl (C=O) groups is 1. The van der Waals surface area contributed by atoms with Crippen molar-refractivity contribution in [2.45, 2.75) is 20.4 Å². The molecule has 0 saturated carbocycles. The molecule has 0 saturated heterocycles. The van der Waals surface area contributed by atoms with Crippen molar-refractivity contribution in [3.8, 4) is 23.3 Å². The predicted molar refractivity (Wildman–Crippen MR) is 115 cm³/mol. The molecule has 1 N–H and O–H groups in total. The first kappa shape index (κ1) is 20.9. The molecule has 3 rings (SSSR count). The number of methoxy groups -OCH3 is 1. The van der Waals surface area contributed by atoms with Gasteiger partial charge in [-0.15, -0.1) is 0 Å². The average Bonchev–Trinajstić information content (AvgIpc) is 2.76. The molecule has 1 amide bonds. The number of hydrogen-bond acceptors (Lipinski definition) is 5. The maximum Gasteiger partial charge on any atom is 0.257 e. The van der Waals surface area contributed by atoms with Crippen LogP contribution >= 0.6 is 0 Å². The van der Waals surface area contributed by atoms with E-state index in [9.17, 15) is 9.59 Å². The highest BCUT2D eigenvalue weighted by Gasteiger charge is 2.15. The summed E-state index contributed by atoms with van der Waals surface area (Å²) in [5, 5.41) is 3.08. The molecule has 30 heavy (non-hydrogen) atoms. The number of nitrogens with one attached hydrogen (secondary N) is 1. The Kier molecular flexibility index (Phi) is 6.71. The van der Waals surface area contributed by atoms with E-state index in [0.29, 0.717) is 29.1 Å². The van der Waals surface area contributed by atoms with Crippen LogP contribution in [0, 0.1) is 18.8 Å². The number of hydrogen-bond donors (Lipinski definition) is 1. The number of aromatic nitrogens is 2. The van der Waals surface area contributed by atoms with E-state index in [1.165, 1.54) is 0 Å². The number of nitrogens with zero attached hydrogens (tertiary/aromatic N) is 2. The molecule has 7 heteroatoms. The minimum absolute atomic E-state index is 0.0714. The SMILES string of the molecule is CCn1cc(C(=O)NCC#CCOc2ccccc2OC)c(=O)c2ccc(C)nc21. The number of carbonyl (C=O) groups excluding carboxylic acids is 1. The Labute approximate surface area is 174 Å². The largest absolute Gasteiger partial charge is 0.493 e. The van der Waals surface area contributed by atoms with Gasteiger partial charge in [-0.25, -0.2) is 4.98 Å². The van der Waals surface area contributed by atoms with Crippen molar-refractivity contribution in [2.75, 3.05) is 20.3 Å². The molecule has 3 aromatic rings. The molecule has 0 bridgehead atoms. The van der Waals surface area contributed by atoms with Gasteiger partial charge >= 0.3 is 0 Å². The Hall–Kier alpha value is -3.79. The number of pyridine rings is 2. The fourth-order valence-corrected chi connectivity index (χ4v) is 2.95. The predicted octanol–water partition coefficient (Wildman–Crippen LogP) is 2.55. The van der Waals surface area contributed by atoms with Gasteiger partial charge in [0.05, 0.1) is 19.0 Å². The molecule has 0 fully saturated rings. The summed E-state index contributed by atoms with van der Waals surface area (Å²) in [6.45, 7) is 4.64. The number of benzene rings is 1. The van der Waals surface area contributed by atoms with Gasteiger partial charge in [0, 0.05) is 18.4 Å². The van der Waals surface area contributed by atoms with E-state index >= 15 is 0 Å². The second-order valence-electron chi connectivity index (χ2n) is 6.46. The van der Waals surface area contributed by atoms with E-state index in [1.807, 2.05) is 26.0 Å². The Morgan fingerprint density at radius 2 is 1.93 bits per heavy atom. The summed E-state index contributed by atoms with van der Waals surface area (Å²) in [5.41, 5.74) is 1.12. The van der Waals surface area contributed by atoms with Crippen molar-refractivity contribution >= 4 is 16.9 Å². The molecule has 7 nitrogen and oxygen atoms in total. The quantitative estimate of drug-likeness (QED) is 0.638. The smallest absolute Gasteiger partial charge is 0.257 e. The Morgan fingerprint density at radius 1 is 1.17 bits per heavy atom. The monoisotopic (exact) mass is 405 g/mol. The summed E-state index contributed by atoms with van der Waals surface area (Å²) >= 11 is 0. The van der Waals surface area contributed by atoms with Gasteiger partial charge in [0.2, 0.25) is 5.43 Å². The molecule has 1 aromatic carbocycles. The molecule has 0 spiro atoms. The molecule has 0 unspecified atom stereocenters. The Balaban J connectivity index is 1.65. The first-order valence-electron chi connectivity index (χ1n) is 9.55. The summed E-state index contributed by atoms with van der Waals surface area (Å²) in [7, 11) is 1.57. The van der Waals surface area contributed by atoms with Crippen LogP contribution in [0.5, 0.6) is 11.5 Å². The Morgan fingerprint density at radius 3 is 2.67 bits per heavy atom. The number of ether oxygens (including phenoxy) is 2. The van der Waals surface area contributed by atoms with Crippen molar-refractivity contribution in [1.29, 1.82) is 0 Å². The second kappa shape index (κ2) is 9.61. The van der Waals surface area contributed by atoms with Gasteiger partial charge in [-0.2, -0.15) is 0 Å². The van der Waals surface area contributed by atoms with Crippen LogP contribution in [0.4, 0.5) is 0 Å². The van der Waals surface area contributed by atoms with Crippen LogP contribution < -0.4 is 20.2 Å². The van der Waals surface area contributed by atoms with Gasteiger partial charge in [0.15, 0.2) is 11.5 Å². The third kappa shape index (κ3) is 4.61. The number of aryl methyl sites for hydroxylation is 2. The van der Waals surface area contributed by atoms with Crippen molar-refractivity contribution in [3.63, 3.8) is 0 Å². The van der Waals surface area contributed by atoms with Gasteiger partial charge in [0.25, 0.3) is 5.91 Å². The molecule has 2 heterocycles. The zero-order valence-corrected chi connectivity index (χ0v) is 17.2. The van der Waals surface area contributed by atoms with Crippen LogP contribution in [0.15, 0.2) is 47.4 Å². The van der Waals surface area contributed by atoms with Gasteiger partial charge < -0.3 is 19.4 Å². The fraction of sp³-hybridized carbons (Fsp3) is 0.261. The maximum absolute atomic E-state index is 12.7. The normalized spacial score (nSPS) is 10.2. The third-order valence-electron chi connectivity index (χ3n) is 4.48. The zero-order valence-electron chi connectivity index (χ0n) is 17.2. The highest BCUT2D eigenvalue weighted by atomic mass is 16.5. The topological polar surface area (TPSA) is 82.5 Å². The van der Waals surface area contributed by atoms with Gasteiger partial charge in [-0.3, -0.25) is 9.59 Å². The highest BCUT2D eigenvalue weighted by Crippen LogP contribution is 2.25. The number of rotatable bonds is 6. The van der Waals surface area contributed by atoms with Crippen LogP contribution in [0.3, 0.4) is 0 Å². The van der Waals surface area contributed by atoms with Crippen molar-refractivity contribution in [1.82, 2.24) is 14.9 Å². The van der Waals surface area contributed by atoms with Crippen LogP contribution in [0.25, 0.3) is 11.0 Å². The fourth-order valence-electron chi connectivity index (χ4n) is 2.95. The van der Waals surface area contributed by atoms with Crippen LogP contribution in [-0.4, -0.2) is 35.7 Å². The Bertz CT molecular complexity index is 1190. The summed E-state index contributed by atoms with van der Waals surface area (Å²) < 4.78 is 12.6. The van der Waals surface area contributed by atoms with E-state index in [2.05, 4.69) is 22.1 Å². The average molecular weight is 405 g/mol. The van der Waals surface area contributed by atoms with E-state index < -0.39 is 5.91 Å². The lowest BCUT2D eigenvalue weighted by Crippen LogP contribution is -2.30. The molecule has 0 radical (unpaired) electrons. The lowest BCUT2D eigenvalue weighted by molar-refractivity contribution is 0.0957. The summed E-state index contributed by atoms with van der Waals surface area (Å²) in [4.78, 5) is 29.7. The minimum Gasteiger partial charge on any atom is -0.493 e. The van der Waals surface area contributed by atoms with Crippen LogP contribution in [-0.2, 0) is 6.54 Å². The van der Waals surface area contributed by atoms with Crippen LogP contribution in [0.2, 0.25) is 0 Å². The first-order chi connectivity index (χ1) is 14.5. The molecular weight excluding hydrogens is 382 g/mol. The van der Waals surface area contributed by atoms with E-state index in [4.69, 9.17) is 9.47 Å². The zero-order chi connectivity index (χ0) is 21.5. The lowest BCUT2D eigenvalue weighted by Gasteiger charge is -2.11.